The van der Waals surface area contributed by atoms with Crippen LogP contribution in [0, 0.1) is 6.08 Å². The van der Waals surface area contributed by atoms with Gasteiger partial charge in [0.1, 0.15) is 5.69 Å². The fraction of sp³-hybridized carbons (Fsp3) is 0.316. The number of carbonyl (C=O) groups is 1. The van der Waals surface area contributed by atoms with Crippen molar-refractivity contribution in [1.82, 2.24) is 29.6 Å². The van der Waals surface area contributed by atoms with Gasteiger partial charge in [-0.1, -0.05) is 12.1 Å². The molecule has 11 heteroatoms. The van der Waals surface area contributed by atoms with E-state index < -0.39 is 6.08 Å². The Kier molecular flexibility index (Phi) is 3.49. The Morgan fingerprint density at radius 2 is 2.10 bits per heavy atom. The summed E-state index contributed by atoms with van der Waals surface area (Å²) < 4.78 is 16.0. The molecular weight excluding hydrogens is 389 g/mol. The van der Waals surface area contributed by atoms with Gasteiger partial charge in [-0.25, -0.2) is 9.98 Å². The predicted molar refractivity (Wildman–Crippen MR) is 105 cm³/mol. The lowest BCUT2D eigenvalue weighted by atomic mass is 10.1. The molecule has 1 unspecified atom stereocenters. The number of carbonyl (C=O) groups excluding carboxylic acids is 1. The predicted octanol–water partition coefficient (Wildman–Crippen LogP) is 1.38. The van der Waals surface area contributed by atoms with Gasteiger partial charge in [-0.15, -0.1) is 9.89 Å². The van der Waals surface area contributed by atoms with Gasteiger partial charge in [-0.05, 0) is 30.2 Å². The standard InChI is InChI=1S/C19H18FN9O/c1-12(30)25-8-4-7-15(25)16-9-23-24-29(16)26-11-22-18-13-5-2-3-6-14(13)27-17(28(18)26)10-21-19(27)20/h2-3,5-6,9-10,15H,4,7-8,11H2,1H3. The molecule has 0 bridgehead atoms. The molecule has 0 radical (unpaired) electrons. The number of aromatic nitrogens is 5. The van der Waals surface area contributed by atoms with Crippen LogP contribution in [-0.4, -0.2) is 54.5 Å². The molecule has 0 N–H and O–H groups in total. The molecule has 1 amide bonds. The van der Waals surface area contributed by atoms with Crippen molar-refractivity contribution in [3.8, 4) is 5.69 Å². The zero-order valence-electron chi connectivity index (χ0n) is 16.2. The van der Waals surface area contributed by atoms with Gasteiger partial charge in [0.2, 0.25) is 5.91 Å². The topological polar surface area (TPSA) is 87.7 Å². The highest BCUT2D eigenvalue weighted by Gasteiger charge is 2.40. The lowest BCUT2D eigenvalue weighted by molar-refractivity contribution is -0.129. The minimum absolute atomic E-state index is 0.0238. The molecule has 1 atom stereocenters. The van der Waals surface area contributed by atoms with Crippen molar-refractivity contribution in [2.45, 2.75) is 25.8 Å². The first-order valence-corrected chi connectivity index (χ1v) is 9.78. The number of amidine groups is 1. The second kappa shape index (κ2) is 6.12. The molecule has 152 valence electrons. The Bertz CT molecular complexity index is 1200. The van der Waals surface area contributed by atoms with Crippen molar-refractivity contribution < 1.29 is 9.18 Å². The largest absolute Gasteiger partial charge is 0.334 e. The molecule has 10 nitrogen and oxygen atoms in total. The smallest absolute Gasteiger partial charge is 0.295 e. The molecule has 30 heavy (non-hydrogen) atoms. The zero-order valence-corrected chi connectivity index (χ0v) is 16.2. The Hall–Kier alpha value is -3.76. The summed E-state index contributed by atoms with van der Waals surface area (Å²) in [5.74, 6) is 1.24. The summed E-state index contributed by atoms with van der Waals surface area (Å²) in [5.41, 5.74) is 2.29. The van der Waals surface area contributed by atoms with Crippen LogP contribution >= 0.6 is 0 Å². The number of nitrogens with zero attached hydrogens (tertiary/aromatic N) is 9. The van der Waals surface area contributed by atoms with Crippen LogP contribution < -0.4 is 10.1 Å². The average molecular weight is 407 g/mol. The van der Waals surface area contributed by atoms with E-state index in [1.165, 1.54) is 10.8 Å². The molecule has 0 saturated carbocycles. The van der Waals surface area contributed by atoms with E-state index in [4.69, 9.17) is 4.99 Å². The summed E-state index contributed by atoms with van der Waals surface area (Å²) in [4.78, 5) is 24.2. The third kappa shape index (κ3) is 2.19. The number of hydrazine groups is 1. The maximum absolute atomic E-state index is 14.6. The normalized spacial score (nSPS) is 19.6. The van der Waals surface area contributed by atoms with Crippen LogP contribution in [0.25, 0.3) is 5.69 Å². The number of para-hydroxylation sites is 1. The van der Waals surface area contributed by atoms with E-state index in [9.17, 15) is 9.18 Å². The average Bonchev–Trinajstić information content (AvgIpc) is 3.52. The maximum atomic E-state index is 14.6. The molecule has 0 aliphatic carbocycles. The van der Waals surface area contributed by atoms with Crippen molar-refractivity contribution in [2.75, 3.05) is 23.3 Å². The Morgan fingerprint density at radius 1 is 1.23 bits per heavy atom. The van der Waals surface area contributed by atoms with E-state index in [0.29, 0.717) is 23.9 Å². The van der Waals surface area contributed by atoms with Gasteiger partial charge in [0, 0.05) is 19.0 Å². The third-order valence-corrected chi connectivity index (χ3v) is 5.86. The number of rotatable bonds is 2. The molecule has 0 spiro atoms. The van der Waals surface area contributed by atoms with Gasteiger partial charge >= 0.3 is 0 Å². The first kappa shape index (κ1) is 17.1. The Balaban J connectivity index is 1.46. The van der Waals surface area contributed by atoms with Gasteiger partial charge in [0.25, 0.3) is 6.08 Å². The number of imidazole rings is 1. The second-order valence-electron chi connectivity index (χ2n) is 7.46. The summed E-state index contributed by atoms with van der Waals surface area (Å²) >= 11 is 0. The Morgan fingerprint density at radius 3 is 2.97 bits per heavy atom. The highest BCUT2D eigenvalue weighted by molar-refractivity contribution is 6.15. The summed E-state index contributed by atoms with van der Waals surface area (Å²) in [6.45, 7) is 2.56. The highest BCUT2D eigenvalue weighted by atomic mass is 19.1. The molecule has 6 rings (SSSR count). The molecule has 1 saturated heterocycles. The van der Waals surface area contributed by atoms with Crippen LogP contribution in [0.5, 0.6) is 0 Å². The number of halogens is 1. The molecule has 2 aromatic heterocycles. The van der Waals surface area contributed by atoms with Crippen LogP contribution in [0.1, 0.15) is 37.1 Å². The van der Waals surface area contributed by atoms with Crippen LogP contribution in [0.2, 0.25) is 0 Å². The van der Waals surface area contributed by atoms with E-state index in [-0.39, 0.29) is 18.6 Å². The lowest BCUT2D eigenvalue weighted by Gasteiger charge is -2.36. The van der Waals surface area contributed by atoms with E-state index in [1.54, 1.807) is 28.0 Å². The van der Waals surface area contributed by atoms with Crippen molar-refractivity contribution in [3.63, 3.8) is 0 Å². The van der Waals surface area contributed by atoms with Crippen molar-refractivity contribution in [1.29, 1.82) is 0 Å². The first-order valence-electron chi connectivity index (χ1n) is 9.78. The number of hydrogen-bond acceptors (Lipinski definition) is 7. The number of amides is 1. The van der Waals surface area contributed by atoms with E-state index in [2.05, 4.69) is 15.3 Å². The first-order chi connectivity index (χ1) is 14.6. The quantitative estimate of drug-likeness (QED) is 0.638. The number of fused-ring (bicyclic) bond motifs is 6. The van der Waals surface area contributed by atoms with Crippen LogP contribution in [-0.2, 0) is 4.79 Å². The maximum Gasteiger partial charge on any atom is 0.295 e. The zero-order chi connectivity index (χ0) is 20.4. The minimum atomic E-state index is -0.597. The molecule has 3 aliphatic heterocycles. The number of benzene rings is 1. The number of likely N-dealkylation sites (tertiary alicyclic amines) is 1. The lowest BCUT2D eigenvalue weighted by Crippen LogP contribution is -2.52. The van der Waals surface area contributed by atoms with Gasteiger partial charge in [0.05, 0.1) is 24.1 Å². The van der Waals surface area contributed by atoms with Crippen LogP contribution in [0.3, 0.4) is 0 Å². The van der Waals surface area contributed by atoms with Crippen molar-refractivity contribution in [3.05, 3.63) is 54.0 Å². The summed E-state index contributed by atoms with van der Waals surface area (Å²) in [6.07, 6.45) is 4.32. The molecule has 3 aliphatic rings. The third-order valence-electron chi connectivity index (χ3n) is 5.86. The number of anilines is 1. The summed E-state index contributed by atoms with van der Waals surface area (Å²) in [7, 11) is 0. The molecule has 1 aromatic carbocycles. The van der Waals surface area contributed by atoms with Gasteiger partial charge in [-0.3, -0.25) is 9.36 Å². The fourth-order valence-corrected chi connectivity index (χ4v) is 4.58. The van der Waals surface area contributed by atoms with E-state index in [1.807, 2.05) is 29.2 Å². The van der Waals surface area contributed by atoms with Crippen molar-refractivity contribution >= 4 is 17.6 Å². The molecular formula is C19H18FN9O. The minimum Gasteiger partial charge on any atom is -0.334 e. The molecule has 5 heterocycles. The molecule has 3 aromatic rings. The van der Waals surface area contributed by atoms with E-state index in [0.717, 1.165) is 24.1 Å². The number of hydrogen-bond donors (Lipinski definition) is 0. The van der Waals surface area contributed by atoms with E-state index >= 15 is 0 Å². The Labute approximate surface area is 170 Å². The van der Waals surface area contributed by atoms with Gasteiger partial charge < -0.3 is 4.90 Å². The summed E-state index contributed by atoms with van der Waals surface area (Å²) in [5, 5.41) is 12.0. The highest BCUT2D eigenvalue weighted by Crippen LogP contribution is 2.36. The van der Waals surface area contributed by atoms with Gasteiger partial charge in [0.15, 0.2) is 18.3 Å². The molecule has 1 fully saturated rings. The second-order valence-corrected chi connectivity index (χ2v) is 7.46. The number of aliphatic imine (C=N–C) groups is 1. The summed E-state index contributed by atoms with van der Waals surface area (Å²) in [6, 6.07) is 7.39. The van der Waals surface area contributed by atoms with Crippen LogP contribution in [0.4, 0.5) is 10.2 Å². The van der Waals surface area contributed by atoms with Crippen molar-refractivity contribution in [2.24, 2.45) is 4.99 Å². The SMILES string of the molecule is CC(=O)N1CCCC1c1cnnn1N1CN=C2c3ccccc3-n3c(cnc3F)N21. The van der Waals surface area contributed by atoms with Gasteiger partial charge in [-0.2, -0.15) is 14.5 Å². The fourth-order valence-electron chi connectivity index (χ4n) is 4.58. The monoisotopic (exact) mass is 407 g/mol. The van der Waals surface area contributed by atoms with Crippen LogP contribution in [0.15, 0.2) is 41.7 Å².